The minimum absolute atomic E-state index is 0.202. The Hall–Kier alpha value is -1.51. The maximum absolute atomic E-state index is 11.4. The van der Waals surface area contributed by atoms with Crippen molar-refractivity contribution in [1.29, 1.82) is 0 Å². The molecule has 16 heavy (non-hydrogen) atoms. The van der Waals surface area contributed by atoms with Crippen LogP contribution in [0.3, 0.4) is 0 Å². The number of esters is 1. The Morgan fingerprint density at radius 2 is 2.31 bits per heavy atom. The van der Waals surface area contributed by atoms with Crippen LogP contribution < -0.4 is 4.74 Å². The van der Waals surface area contributed by atoms with Crippen molar-refractivity contribution in [3.05, 3.63) is 29.3 Å². The molecule has 1 aliphatic rings. The zero-order valence-electron chi connectivity index (χ0n) is 9.82. The van der Waals surface area contributed by atoms with Crippen LogP contribution in [0.5, 0.6) is 5.75 Å². The highest BCUT2D eigenvalue weighted by Gasteiger charge is 2.22. The van der Waals surface area contributed by atoms with Crippen LogP contribution >= 0.6 is 0 Å². The predicted octanol–water partition coefficient (Wildman–Crippen LogP) is 2.29. The zero-order valence-corrected chi connectivity index (χ0v) is 9.82. The molecule has 0 radical (unpaired) electrons. The highest BCUT2D eigenvalue weighted by molar-refractivity contribution is 5.77. The number of hydrogen-bond donors (Lipinski definition) is 0. The van der Waals surface area contributed by atoms with Gasteiger partial charge in [-0.3, -0.25) is 4.79 Å². The minimum atomic E-state index is -0.216. The fraction of sp³-hybridized carbons (Fsp3) is 0.462. The highest BCUT2D eigenvalue weighted by atomic mass is 16.5. The Bertz CT molecular complexity index is 412. The van der Waals surface area contributed by atoms with Gasteiger partial charge < -0.3 is 9.47 Å². The molecule has 1 heterocycles. The van der Waals surface area contributed by atoms with Gasteiger partial charge in [0.2, 0.25) is 0 Å². The van der Waals surface area contributed by atoms with Crippen LogP contribution in [-0.4, -0.2) is 19.2 Å². The van der Waals surface area contributed by atoms with E-state index in [4.69, 9.17) is 9.47 Å². The molecule has 1 aromatic carbocycles. The normalized spacial score (nSPS) is 19.8. The molecule has 86 valence electrons. The highest BCUT2D eigenvalue weighted by Crippen LogP contribution is 2.31. The van der Waals surface area contributed by atoms with E-state index in [1.165, 1.54) is 12.7 Å². The molecule has 0 bridgehead atoms. The van der Waals surface area contributed by atoms with Crippen LogP contribution in [-0.2, 0) is 16.0 Å². The lowest BCUT2D eigenvalue weighted by Gasteiger charge is -2.10. The third kappa shape index (κ3) is 1.90. The predicted molar refractivity (Wildman–Crippen MR) is 60.7 cm³/mol. The Balaban J connectivity index is 2.25. The first-order valence-electron chi connectivity index (χ1n) is 5.49. The van der Waals surface area contributed by atoms with E-state index in [0.717, 1.165) is 17.7 Å². The Morgan fingerprint density at radius 1 is 1.56 bits per heavy atom. The van der Waals surface area contributed by atoms with E-state index < -0.39 is 0 Å². The van der Waals surface area contributed by atoms with Crippen molar-refractivity contribution in [2.45, 2.75) is 32.3 Å². The molecule has 1 aliphatic heterocycles. The monoisotopic (exact) mass is 220 g/mol. The van der Waals surface area contributed by atoms with Crippen LogP contribution in [0.4, 0.5) is 0 Å². The van der Waals surface area contributed by atoms with E-state index in [1.54, 1.807) is 0 Å². The first-order valence-corrected chi connectivity index (χ1v) is 5.49. The third-order valence-corrected chi connectivity index (χ3v) is 2.97. The van der Waals surface area contributed by atoms with Gasteiger partial charge in [0.1, 0.15) is 11.9 Å². The summed E-state index contributed by atoms with van der Waals surface area (Å²) < 4.78 is 10.3. The lowest BCUT2D eigenvalue weighted by molar-refractivity contribution is -0.141. The van der Waals surface area contributed by atoms with E-state index >= 15 is 0 Å². The molecule has 0 spiro atoms. The average molecular weight is 220 g/mol. The maximum Gasteiger partial charge on any atom is 0.312 e. The van der Waals surface area contributed by atoms with Crippen molar-refractivity contribution in [1.82, 2.24) is 0 Å². The molecule has 2 atom stereocenters. The van der Waals surface area contributed by atoms with Gasteiger partial charge in [-0.25, -0.2) is 0 Å². The molecule has 0 N–H and O–H groups in total. The number of hydrogen-bond acceptors (Lipinski definition) is 3. The number of carbonyl (C=O) groups is 1. The van der Waals surface area contributed by atoms with E-state index in [0.29, 0.717) is 0 Å². The molecule has 3 heteroatoms. The summed E-state index contributed by atoms with van der Waals surface area (Å²) in [5.74, 6) is 0.520. The minimum Gasteiger partial charge on any atom is -0.490 e. The molecule has 2 unspecified atom stereocenters. The second kappa shape index (κ2) is 4.16. The van der Waals surface area contributed by atoms with Gasteiger partial charge >= 0.3 is 5.97 Å². The number of carbonyl (C=O) groups excluding carboxylic acids is 1. The lowest BCUT2D eigenvalue weighted by atomic mass is 9.98. The van der Waals surface area contributed by atoms with Crippen molar-refractivity contribution < 1.29 is 14.3 Å². The summed E-state index contributed by atoms with van der Waals surface area (Å²) in [4.78, 5) is 11.4. The molecular formula is C13H16O3. The zero-order chi connectivity index (χ0) is 11.7. The fourth-order valence-corrected chi connectivity index (χ4v) is 2.02. The van der Waals surface area contributed by atoms with Crippen LogP contribution in [0.2, 0.25) is 0 Å². The molecule has 1 aromatic rings. The standard InChI is InChI=1S/C13H16O3/c1-8-6-11-7-10(4-5-12(11)16-8)9(2)13(14)15-3/h4-5,7-9H,6H2,1-3H3. The average Bonchev–Trinajstić information content (AvgIpc) is 2.65. The lowest BCUT2D eigenvalue weighted by Crippen LogP contribution is -2.10. The summed E-state index contributed by atoms with van der Waals surface area (Å²) in [6.07, 6.45) is 1.15. The molecule has 0 saturated carbocycles. The van der Waals surface area contributed by atoms with Gasteiger partial charge in [-0.15, -0.1) is 0 Å². The largest absolute Gasteiger partial charge is 0.490 e. The number of ether oxygens (including phenoxy) is 2. The van der Waals surface area contributed by atoms with E-state index in [2.05, 4.69) is 0 Å². The SMILES string of the molecule is COC(=O)C(C)c1ccc2c(c1)CC(C)O2. The van der Waals surface area contributed by atoms with Crippen LogP contribution in [0.1, 0.15) is 30.9 Å². The van der Waals surface area contributed by atoms with E-state index in [-0.39, 0.29) is 18.0 Å². The van der Waals surface area contributed by atoms with Crippen molar-refractivity contribution in [3.8, 4) is 5.75 Å². The van der Waals surface area contributed by atoms with Crippen molar-refractivity contribution in [2.24, 2.45) is 0 Å². The van der Waals surface area contributed by atoms with Gasteiger partial charge in [0.05, 0.1) is 13.0 Å². The van der Waals surface area contributed by atoms with Gasteiger partial charge in [-0.05, 0) is 31.0 Å². The molecule has 0 saturated heterocycles. The van der Waals surface area contributed by atoms with Gasteiger partial charge in [0.15, 0.2) is 0 Å². The summed E-state index contributed by atoms with van der Waals surface area (Å²) in [5.41, 5.74) is 2.17. The smallest absolute Gasteiger partial charge is 0.312 e. The number of fused-ring (bicyclic) bond motifs is 1. The molecule has 0 aromatic heterocycles. The Kier molecular flexibility index (Phi) is 2.86. The number of rotatable bonds is 2. The van der Waals surface area contributed by atoms with E-state index in [1.807, 2.05) is 32.0 Å². The van der Waals surface area contributed by atoms with Crippen molar-refractivity contribution in [2.75, 3.05) is 7.11 Å². The Morgan fingerprint density at radius 3 is 3.00 bits per heavy atom. The first-order chi connectivity index (χ1) is 7.61. The third-order valence-electron chi connectivity index (χ3n) is 2.97. The fourth-order valence-electron chi connectivity index (χ4n) is 2.02. The van der Waals surface area contributed by atoms with E-state index in [9.17, 15) is 4.79 Å². The summed E-state index contributed by atoms with van der Waals surface area (Å²) in [6, 6.07) is 5.91. The topological polar surface area (TPSA) is 35.5 Å². The van der Waals surface area contributed by atoms with Crippen molar-refractivity contribution in [3.63, 3.8) is 0 Å². The van der Waals surface area contributed by atoms with Gasteiger partial charge in [-0.1, -0.05) is 12.1 Å². The number of benzene rings is 1. The van der Waals surface area contributed by atoms with Gasteiger partial charge in [0, 0.05) is 6.42 Å². The van der Waals surface area contributed by atoms with Gasteiger partial charge in [-0.2, -0.15) is 0 Å². The first kappa shape index (κ1) is 11.0. The molecular weight excluding hydrogens is 204 g/mol. The second-order valence-electron chi connectivity index (χ2n) is 4.24. The summed E-state index contributed by atoms with van der Waals surface area (Å²) in [5, 5.41) is 0. The second-order valence-corrected chi connectivity index (χ2v) is 4.24. The molecule has 0 fully saturated rings. The van der Waals surface area contributed by atoms with Crippen LogP contribution in [0.15, 0.2) is 18.2 Å². The quantitative estimate of drug-likeness (QED) is 0.717. The van der Waals surface area contributed by atoms with Gasteiger partial charge in [0.25, 0.3) is 0 Å². The Labute approximate surface area is 95.4 Å². The summed E-state index contributed by atoms with van der Waals surface area (Å²) in [6.45, 7) is 3.90. The van der Waals surface area contributed by atoms with Crippen molar-refractivity contribution >= 4 is 5.97 Å². The summed E-state index contributed by atoms with van der Waals surface area (Å²) >= 11 is 0. The number of methoxy groups -OCH3 is 1. The van der Waals surface area contributed by atoms with Crippen LogP contribution in [0, 0.1) is 0 Å². The molecule has 0 amide bonds. The van der Waals surface area contributed by atoms with Crippen LogP contribution in [0.25, 0.3) is 0 Å². The molecule has 0 aliphatic carbocycles. The molecule has 3 nitrogen and oxygen atoms in total. The molecule has 2 rings (SSSR count). The maximum atomic E-state index is 11.4. The summed E-state index contributed by atoms with van der Waals surface area (Å²) in [7, 11) is 1.41.